The van der Waals surface area contributed by atoms with Crippen LogP contribution in [0.1, 0.15) is 38.2 Å². The van der Waals surface area contributed by atoms with Crippen molar-refractivity contribution in [2.45, 2.75) is 32.7 Å². The predicted octanol–water partition coefficient (Wildman–Crippen LogP) is 4.68. The number of hydrogen-bond acceptors (Lipinski definition) is 3. The Bertz CT molecular complexity index is 967. The molecule has 3 nitrogen and oxygen atoms in total. The van der Waals surface area contributed by atoms with Crippen LogP contribution in [0, 0.1) is 17.8 Å². The van der Waals surface area contributed by atoms with E-state index < -0.39 is 8.32 Å². The van der Waals surface area contributed by atoms with Crippen LogP contribution in [-0.4, -0.2) is 20.7 Å². The van der Waals surface area contributed by atoms with E-state index in [-0.39, 0.29) is 22.5 Å². The first-order chi connectivity index (χ1) is 14.3. The summed E-state index contributed by atoms with van der Waals surface area (Å²) in [5.41, 5.74) is 0. The van der Waals surface area contributed by atoms with E-state index >= 15 is 0 Å². The van der Waals surface area contributed by atoms with Crippen LogP contribution in [0.5, 0.6) is 0 Å². The Morgan fingerprint density at radius 3 is 2.00 bits per heavy atom. The van der Waals surface area contributed by atoms with Crippen LogP contribution in [0.3, 0.4) is 0 Å². The number of Topliss-reactive ketones (excluding diaryl/α,β-unsaturated/α-hetero) is 1. The molecule has 1 unspecified atom stereocenters. The Hall–Kier alpha value is -2.87. The van der Waals surface area contributed by atoms with Gasteiger partial charge in [-0.05, 0) is 40.4 Å². The fraction of sp³-hybridized carbons (Fsp3) is 0.269. The molecule has 1 atom stereocenters. The van der Waals surface area contributed by atoms with Crippen molar-refractivity contribution < 1.29 is 13.6 Å². The van der Waals surface area contributed by atoms with Crippen LogP contribution in [0.15, 0.2) is 83.5 Å². The Morgan fingerprint density at radius 1 is 0.967 bits per heavy atom. The Balaban J connectivity index is 1.91. The second-order valence-electron chi connectivity index (χ2n) is 8.45. The summed E-state index contributed by atoms with van der Waals surface area (Å²) in [6.07, 6.45) is 1.48. The molecule has 4 heteroatoms. The summed E-state index contributed by atoms with van der Waals surface area (Å²) in [6.45, 7) is 9.17. The SMILES string of the molecule is CC(C#CC(=O)c1ccco1)CO[Si](c1ccccc1)(c1ccccc1)C(C)(C)C. The molecule has 0 bridgehead atoms. The van der Waals surface area contributed by atoms with Gasteiger partial charge in [0, 0.05) is 12.5 Å². The zero-order valence-corrected chi connectivity index (χ0v) is 19.0. The molecule has 30 heavy (non-hydrogen) atoms. The smallest absolute Gasteiger partial charge is 0.271 e. The van der Waals surface area contributed by atoms with E-state index in [1.807, 2.05) is 19.1 Å². The molecular formula is C26H28O3Si. The molecule has 2 aromatic carbocycles. The molecule has 0 spiro atoms. The van der Waals surface area contributed by atoms with Gasteiger partial charge in [0.1, 0.15) is 0 Å². The van der Waals surface area contributed by atoms with E-state index in [1.54, 1.807) is 12.1 Å². The minimum Gasteiger partial charge on any atom is -0.460 e. The van der Waals surface area contributed by atoms with Gasteiger partial charge in [-0.25, -0.2) is 0 Å². The molecule has 0 aliphatic carbocycles. The highest BCUT2D eigenvalue weighted by Gasteiger charge is 2.50. The fourth-order valence-electron chi connectivity index (χ4n) is 3.71. The van der Waals surface area contributed by atoms with Gasteiger partial charge in [0.05, 0.1) is 6.26 Å². The molecule has 3 aromatic rings. The first-order valence-corrected chi connectivity index (χ1v) is 12.1. The van der Waals surface area contributed by atoms with Gasteiger partial charge in [0.15, 0.2) is 5.76 Å². The molecule has 0 saturated carbocycles. The van der Waals surface area contributed by atoms with Crippen molar-refractivity contribution >= 4 is 24.5 Å². The number of hydrogen-bond donors (Lipinski definition) is 0. The summed E-state index contributed by atoms with van der Waals surface area (Å²) in [7, 11) is -2.59. The van der Waals surface area contributed by atoms with Crippen LogP contribution < -0.4 is 10.4 Å². The lowest BCUT2D eigenvalue weighted by Gasteiger charge is -2.43. The van der Waals surface area contributed by atoms with E-state index in [0.717, 1.165) is 0 Å². The Labute approximate surface area is 180 Å². The van der Waals surface area contributed by atoms with Gasteiger partial charge >= 0.3 is 0 Å². The largest absolute Gasteiger partial charge is 0.460 e. The maximum atomic E-state index is 12.1. The third-order valence-corrected chi connectivity index (χ3v) is 10.1. The summed E-state index contributed by atoms with van der Waals surface area (Å²) in [5, 5.41) is 2.37. The molecule has 1 aromatic heterocycles. The molecule has 3 rings (SSSR count). The molecule has 0 radical (unpaired) electrons. The topological polar surface area (TPSA) is 39.4 Å². The first-order valence-electron chi connectivity index (χ1n) is 10.2. The lowest BCUT2D eigenvalue weighted by molar-refractivity contribution is 0.103. The van der Waals surface area contributed by atoms with Crippen molar-refractivity contribution in [3.05, 3.63) is 84.8 Å². The van der Waals surface area contributed by atoms with Gasteiger partial charge in [-0.3, -0.25) is 4.79 Å². The van der Waals surface area contributed by atoms with Gasteiger partial charge in [0.2, 0.25) is 0 Å². The molecule has 1 heterocycles. The Morgan fingerprint density at radius 2 is 1.53 bits per heavy atom. The van der Waals surface area contributed by atoms with Crippen molar-refractivity contribution in [2.75, 3.05) is 6.61 Å². The van der Waals surface area contributed by atoms with Crippen LogP contribution in [0.4, 0.5) is 0 Å². The van der Waals surface area contributed by atoms with Crippen molar-refractivity contribution in [3.8, 4) is 11.8 Å². The van der Waals surface area contributed by atoms with Crippen molar-refractivity contribution in [1.82, 2.24) is 0 Å². The fourth-order valence-corrected chi connectivity index (χ4v) is 8.37. The molecule has 0 N–H and O–H groups in total. The molecule has 0 aliphatic heterocycles. The molecule has 0 fully saturated rings. The number of furan rings is 1. The summed E-state index contributed by atoms with van der Waals surface area (Å²) in [4.78, 5) is 12.1. The van der Waals surface area contributed by atoms with E-state index in [4.69, 9.17) is 8.84 Å². The van der Waals surface area contributed by atoms with E-state index in [9.17, 15) is 4.79 Å². The van der Waals surface area contributed by atoms with Gasteiger partial charge in [0.25, 0.3) is 14.1 Å². The van der Waals surface area contributed by atoms with Crippen molar-refractivity contribution in [3.63, 3.8) is 0 Å². The summed E-state index contributed by atoms with van der Waals surface area (Å²) < 4.78 is 12.0. The lowest BCUT2D eigenvalue weighted by atomic mass is 10.2. The maximum absolute atomic E-state index is 12.1. The number of carbonyl (C=O) groups is 1. The predicted molar refractivity (Wildman–Crippen MR) is 124 cm³/mol. The highest BCUT2D eigenvalue weighted by atomic mass is 28.4. The van der Waals surface area contributed by atoms with Crippen LogP contribution in [-0.2, 0) is 4.43 Å². The summed E-state index contributed by atoms with van der Waals surface area (Å²) in [5.74, 6) is 5.59. The van der Waals surface area contributed by atoms with E-state index in [2.05, 4.69) is 81.1 Å². The van der Waals surface area contributed by atoms with E-state index in [0.29, 0.717) is 6.61 Å². The number of benzene rings is 2. The summed E-state index contributed by atoms with van der Waals surface area (Å²) >= 11 is 0. The van der Waals surface area contributed by atoms with Crippen molar-refractivity contribution in [2.24, 2.45) is 5.92 Å². The van der Waals surface area contributed by atoms with Crippen molar-refractivity contribution in [1.29, 1.82) is 0 Å². The highest BCUT2D eigenvalue weighted by molar-refractivity contribution is 6.99. The van der Waals surface area contributed by atoms with E-state index in [1.165, 1.54) is 16.6 Å². The van der Waals surface area contributed by atoms with Crippen LogP contribution in [0.25, 0.3) is 0 Å². The van der Waals surface area contributed by atoms with Gasteiger partial charge in [-0.2, -0.15) is 0 Å². The minimum absolute atomic E-state index is 0.0904. The first kappa shape index (κ1) is 21.8. The molecule has 0 saturated heterocycles. The third kappa shape index (κ3) is 4.64. The number of ketones is 1. The van der Waals surface area contributed by atoms with Crippen LogP contribution >= 0.6 is 0 Å². The zero-order valence-electron chi connectivity index (χ0n) is 18.0. The zero-order chi connectivity index (χ0) is 21.6. The Kier molecular flexibility index (Phi) is 6.76. The normalized spacial score (nSPS) is 12.7. The molecule has 0 aliphatic rings. The maximum Gasteiger partial charge on any atom is 0.271 e. The number of rotatable bonds is 6. The molecule has 154 valence electrons. The average molecular weight is 417 g/mol. The molecule has 0 amide bonds. The third-order valence-electron chi connectivity index (χ3n) is 5.14. The highest BCUT2D eigenvalue weighted by Crippen LogP contribution is 2.36. The monoisotopic (exact) mass is 416 g/mol. The second kappa shape index (κ2) is 9.29. The summed E-state index contributed by atoms with van der Waals surface area (Å²) in [6, 6.07) is 24.3. The van der Waals surface area contributed by atoms with Gasteiger partial charge in [-0.15, -0.1) is 0 Å². The standard InChI is InChI=1S/C26H28O3Si/c1-21(17-18-24(27)25-16-11-19-28-25)20-29-30(26(2,3)4,22-12-7-5-8-13-22)23-14-9-6-10-15-23/h5-16,19,21H,20H2,1-4H3. The molecular weight excluding hydrogens is 388 g/mol. The van der Waals surface area contributed by atoms with Crippen LogP contribution in [0.2, 0.25) is 5.04 Å². The number of carbonyl (C=O) groups excluding carboxylic acids is 1. The second-order valence-corrected chi connectivity index (χ2v) is 12.8. The van der Waals surface area contributed by atoms with Gasteiger partial charge < -0.3 is 8.84 Å². The minimum atomic E-state index is -2.59. The van der Waals surface area contributed by atoms with Gasteiger partial charge in [-0.1, -0.05) is 87.4 Å². The average Bonchev–Trinajstić information content (AvgIpc) is 3.28. The quantitative estimate of drug-likeness (QED) is 0.254. The lowest BCUT2D eigenvalue weighted by Crippen LogP contribution is -2.66.